The van der Waals surface area contributed by atoms with Gasteiger partial charge in [-0.2, -0.15) is 0 Å². The lowest BCUT2D eigenvalue weighted by Gasteiger charge is -2.49. The number of allylic oxidation sites excluding steroid dienone is 2. The van der Waals surface area contributed by atoms with Crippen LogP contribution < -0.4 is 0 Å². The zero-order chi connectivity index (χ0) is 23.8. The molecule has 0 aliphatic heterocycles. The Hall–Kier alpha value is -2.41. The quantitative estimate of drug-likeness (QED) is 0.169. The van der Waals surface area contributed by atoms with E-state index in [0.29, 0.717) is 12.0 Å². The van der Waals surface area contributed by atoms with Crippen LogP contribution in [-0.4, -0.2) is 25.8 Å². The Kier molecular flexibility index (Phi) is 6.62. The van der Waals surface area contributed by atoms with Gasteiger partial charge in [0, 0.05) is 24.0 Å². The minimum Gasteiger partial charge on any atom is -0.546 e. The third kappa shape index (κ3) is 4.33. The number of carbonyl (C=O) groups excluding carboxylic acids is 1. The second kappa shape index (κ2) is 8.26. The number of nitro groups is 1. The molecule has 2 atom stereocenters. The van der Waals surface area contributed by atoms with E-state index in [1.165, 1.54) is 12.1 Å². The summed E-state index contributed by atoms with van der Waals surface area (Å²) in [4.78, 5) is 23.9. The lowest BCUT2D eigenvalue weighted by atomic mass is 9.55. The topological polar surface area (TPSA) is 78.7 Å². The van der Waals surface area contributed by atoms with Gasteiger partial charge < -0.3 is 9.16 Å². The number of benzene rings is 1. The molecule has 1 aliphatic carbocycles. The van der Waals surface area contributed by atoms with Crippen molar-refractivity contribution in [2.45, 2.75) is 71.5 Å². The summed E-state index contributed by atoms with van der Waals surface area (Å²) >= 11 is 0. The van der Waals surface area contributed by atoms with Crippen molar-refractivity contribution in [2.75, 3.05) is 6.61 Å². The summed E-state index contributed by atoms with van der Waals surface area (Å²) in [6.07, 6.45) is 2.45. The first kappa shape index (κ1) is 24.9. The number of esters is 1. The van der Waals surface area contributed by atoms with Crippen molar-refractivity contribution in [1.82, 2.24) is 0 Å². The number of nitrogens with zero attached hydrogens (tertiary/aromatic N) is 1. The van der Waals surface area contributed by atoms with Gasteiger partial charge in [-0.1, -0.05) is 52.0 Å². The zero-order valence-electron chi connectivity index (χ0n) is 20.0. The van der Waals surface area contributed by atoms with E-state index in [-0.39, 0.29) is 23.3 Å². The lowest BCUT2D eigenvalue weighted by Crippen LogP contribution is -2.51. The molecular formula is C24H35NO5Si. The SMILES string of the molecule is C=C1CC(O[Si](C)(C)C(C)(C)C)=C[C@](C)(c2ccc([N+](=O)[O-])cc2)[C@]1(C)C(=O)OCC. The van der Waals surface area contributed by atoms with Gasteiger partial charge in [-0.05, 0) is 43.6 Å². The van der Waals surface area contributed by atoms with Crippen LogP contribution in [0.25, 0.3) is 0 Å². The number of carbonyl (C=O) groups is 1. The van der Waals surface area contributed by atoms with Crippen LogP contribution in [0.2, 0.25) is 18.1 Å². The molecule has 1 aromatic rings. The van der Waals surface area contributed by atoms with Crippen molar-refractivity contribution in [2.24, 2.45) is 5.41 Å². The van der Waals surface area contributed by atoms with Crippen molar-refractivity contribution in [3.05, 3.63) is 63.9 Å². The summed E-state index contributed by atoms with van der Waals surface area (Å²) in [5, 5.41) is 11.1. The molecule has 2 rings (SSSR count). The van der Waals surface area contributed by atoms with Crippen LogP contribution in [0.15, 0.2) is 48.3 Å². The Morgan fingerprint density at radius 3 is 2.23 bits per heavy atom. The van der Waals surface area contributed by atoms with E-state index in [1.54, 1.807) is 19.1 Å². The van der Waals surface area contributed by atoms with Crippen LogP contribution in [-0.2, 0) is 19.4 Å². The molecule has 0 N–H and O–H groups in total. The minimum absolute atomic E-state index is 0.00144. The molecule has 1 aromatic carbocycles. The van der Waals surface area contributed by atoms with Crippen molar-refractivity contribution in [3.63, 3.8) is 0 Å². The Balaban J connectivity index is 2.68. The fraction of sp³-hybridized carbons (Fsp3) is 0.542. The van der Waals surface area contributed by atoms with Crippen molar-refractivity contribution in [1.29, 1.82) is 0 Å². The van der Waals surface area contributed by atoms with Crippen LogP contribution in [0.4, 0.5) is 5.69 Å². The molecule has 0 spiro atoms. The van der Waals surface area contributed by atoms with Gasteiger partial charge in [0.05, 0.1) is 22.7 Å². The summed E-state index contributed by atoms with van der Waals surface area (Å²) < 4.78 is 12.1. The highest BCUT2D eigenvalue weighted by Gasteiger charge is 2.56. The molecule has 0 amide bonds. The molecule has 0 heterocycles. The third-order valence-electron chi connectivity index (χ3n) is 7.14. The largest absolute Gasteiger partial charge is 0.546 e. The lowest BCUT2D eigenvalue weighted by molar-refractivity contribution is -0.384. The molecule has 170 valence electrons. The Morgan fingerprint density at radius 2 is 1.77 bits per heavy atom. The van der Waals surface area contributed by atoms with Gasteiger partial charge in [0.1, 0.15) is 0 Å². The van der Waals surface area contributed by atoms with Crippen LogP contribution in [0.3, 0.4) is 0 Å². The standard InChI is InChI=1S/C24H35NO5Si/c1-10-29-21(26)24(7)17(2)15-20(30-31(8,9)22(3,4)5)16-23(24,6)18-11-13-19(14-12-18)25(27)28/h11-14,16H,2,10,15H2,1,3-9H3/t23-,24+/m1/s1. The number of ether oxygens (including phenoxy) is 1. The Morgan fingerprint density at radius 1 is 1.23 bits per heavy atom. The van der Waals surface area contributed by atoms with Gasteiger partial charge in [-0.3, -0.25) is 14.9 Å². The van der Waals surface area contributed by atoms with Crippen molar-refractivity contribution in [3.8, 4) is 0 Å². The maximum Gasteiger partial charge on any atom is 0.317 e. The Labute approximate surface area is 186 Å². The summed E-state index contributed by atoms with van der Waals surface area (Å²) in [7, 11) is -2.11. The van der Waals surface area contributed by atoms with Gasteiger partial charge in [-0.15, -0.1) is 0 Å². The first-order chi connectivity index (χ1) is 14.1. The number of rotatable bonds is 6. The number of hydrogen-bond donors (Lipinski definition) is 0. The monoisotopic (exact) mass is 445 g/mol. The molecule has 0 saturated heterocycles. The molecule has 0 saturated carbocycles. The normalized spacial score (nSPS) is 24.4. The molecule has 0 unspecified atom stereocenters. The molecule has 7 heteroatoms. The van der Waals surface area contributed by atoms with Gasteiger partial charge >= 0.3 is 5.97 Å². The molecule has 0 bridgehead atoms. The summed E-state index contributed by atoms with van der Waals surface area (Å²) in [6, 6.07) is 6.33. The second-order valence-corrected chi connectivity index (χ2v) is 14.8. The van der Waals surface area contributed by atoms with Gasteiger partial charge in [0.15, 0.2) is 0 Å². The van der Waals surface area contributed by atoms with Crippen LogP contribution in [0.1, 0.15) is 53.5 Å². The molecule has 0 aromatic heterocycles. The van der Waals surface area contributed by atoms with Gasteiger partial charge in [0.2, 0.25) is 8.32 Å². The third-order valence-corrected chi connectivity index (χ3v) is 11.5. The predicted molar refractivity (Wildman–Crippen MR) is 125 cm³/mol. The Bertz CT molecular complexity index is 913. The molecule has 31 heavy (non-hydrogen) atoms. The molecule has 6 nitrogen and oxygen atoms in total. The summed E-state index contributed by atoms with van der Waals surface area (Å²) in [5.74, 6) is 0.433. The van der Waals surface area contributed by atoms with E-state index in [0.717, 1.165) is 11.3 Å². The first-order valence-electron chi connectivity index (χ1n) is 10.6. The maximum atomic E-state index is 13.2. The van der Waals surface area contributed by atoms with Gasteiger partial charge in [-0.25, -0.2) is 0 Å². The smallest absolute Gasteiger partial charge is 0.317 e. The predicted octanol–water partition coefficient (Wildman–Crippen LogP) is 6.29. The minimum atomic E-state index is -2.11. The molecular weight excluding hydrogens is 410 g/mol. The maximum absolute atomic E-state index is 13.2. The van der Waals surface area contributed by atoms with E-state index >= 15 is 0 Å². The van der Waals surface area contributed by atoms with E-state index < -0.39 is 24.1 Å². The fourth-order valence-corrected chi connectivity index (χ4v) is 4.84. The van der Waals surface area contributed by atoms with E-state index in [9.17, 15) is 14.9 Å². The van der Waals surface area contributed by atoms with E-state index in [4.69, 9.17) is 9.16 Å². The van der Waals surface area contributed by atoms with Crippen molar-refractivity contribution < 1.29 is 18.9 Å². The summed E-state index contributed by atoms with van der Waals surface area (Å²) in [5.41, 5.74) is -0.406. The number of hydrogen-bond acceptors (Lipinski definition) is 5. The van der Waals surface area contributed by atoms with E-state index in [2.05, 4.69) is 40.4 Å². The average molecular weight is 446 g/mol. The second-order valence-electron chi connectivity index (χ2n) is 10.1. The van der Waals surface area contributed by atoms with Gasteiger partial charge in [0.25, 0.3) is 5.69 Å². The highest BCUT2D eigenvalue weighted by atomic mass is 28.4. The highest BCUT2D eigenvalue weighted by Crippen LogP contribution is 2.54. The number of nitro benzene ring substituents is 1. The van der Waals surface area contributed by atoms with Crippen LogP contribution >= 0.6 is 0 Å². The number of non-ortho nitro benzene ring substituents is 1. The highest BCUT2D eigenvalue weighted by molar-refractivity contribution is 6.74. The zero-order valence-corrected chi connectivity index (χ0v) is 21.0. The molecule has 0 fully saturated rings. The van der Waals surface area contributed by atoms with Crippen molar-refractivity contribution >= 4 is 20.0 Å². The van der Waals surface area contributed by atoms with Crippen LogP contribution in [0, 0.1) is 15.5 Å². The molecule has 0 radical (unpaired) electrons. The fourth-order valence-electron chi connectivity index (χ4n) is 3.75. The summed E-state index contributed by atoms with van der Waals surface area (Å²) in [6.45, 7) is 21.0. The van der Waals surface area contributed by atoms with E-state index in [1.807, 2.05) is 19.9 Å². The van der Waals surface area contributed by atoms with Crippen LogP contribution in [0.5, 0.6) is 0 Å². The first-order valence-corrected chi connectivity index (χ1v) is 13.5. The molecule has 1 aliphatic rings. The average Bonchev–Trinajstić information content (AvgIpc) is 2.65.